The first-order valence-corrected chi connectivity index (χ1v) is 14.0. The van der Waals surface area contributed by atoms with Gasteiger partial charge in [-0.15, -0.1) is 0 Å². The predicted octanol–water partition coefficient (Wildman–Crippen LogP) is 5.94. The highest BCUT2D eigenvalue weighted by Crippen LogP contribution is 2.44. The van der Waals surface area contributed by atoms with Gasteiger partial charge in [0.05, 0.1) is 25.7 Å². The van der Waals surface area contributed by atoms with Crippen molar-refractivity contribution in [2.75, 3.05) is 51.9 Å². The third kappa shape index (κ3) is 5.73. The van der Waals surface area contributed by atoms with Gasteiger partial charge in [-0.1, -0.05) is 29.8 Å². The molecule has 6 nitrogen and oxygen atoms in total. The SMILES string of the molecule is COC(=O)C1CCN(CCOc2ccc(C3(C)c4ccc(OC)cc4CCN3c3ccc(Cl)cc3)cc2)CC1. The van der Waals surface area contributed by atoms with Gasteiger partial charge in [-0.3, -0.25) is 9.69 Å². The molecule has 1 atom stereocenters. The lowest BCUT2D eigenvalue weighted by Gasteiger charge is -2.48. The summed E-state index contributed by atoms with van der Waals surface area (Å²) in [5.41, 5.74) is 4.53. The highest BCUT2D eigenvalue weighted by Gasteiger charge is 2.40. The number of anilines is 1. The topological polar surface area (TPSA) is 51.2 Å². The van der Waals surface area contributed by atoms with Crippen molar-refractivity contribution in [1.82, 2.24) is 4.90 Å². The number of benzene rings is 3. The van der Waals surface area contributed by atoms with Crippen LogP contribution in [0.2, 0.25) is 5.02 Å². The van der Waals surface area contributed by atoms with E-state index in [9.17, 15) is 4.79 Å². The van der Waals surface area contributed by atoms with Crippen LogP contribution < -0.4 is 14.4 Å². The molecule has 2 aliphatic heterocycles. The van der Waals surface area contributed by atoms with Crippen molar-refractivity contribution in [2.45, 2.75) is 31.7 Å². The second-order valence-electron chi connectivity index (χ2n) is 10.5. The fraction of sp³-hybridized carbons (Fsp3) is 0.406. The maximum Gasteiger partial charge on any atom is 0.308 e. The molecule has 5 rings (SSSR count). The van der Waals surface area contributed by atoms with E-state index in [0.717, 1.165) is 67.7 Å². The molecule has 39 heavy (non-hydrogen) atoms. The van der Waals surface area contributed by atoms with Crippen molar-refractivity contribution in [2.24, 2.45) is 5.92 Å². The summed E-state index contributed by atoms with van der Waals surface area (Å²) >= 11 is 6.22. The molecule has 0 N–H and O–H groups in total. The summed E-state index contributed by atoms with van der Waals surface area (Å²) in [5.74, 6) is 1.68. The molecule has 0 radical (unpaired) electrons. The molecule has 206 valence electrons. The Morgan fingerprint density at radius 1 is 0.949 bits per heavy atom. The van der Waals surface area contributed by atoms with E-state index in [1.807, 2.05) is 18.2 Å². The highest BCUT2D eigenvalue weighted by atomic mass is 35.5. The Balaban J connectivity index is 1.31. The van der Waals surface area contributed by atoms with Gasteiger partial charge in [-0.25, -0.2) is 0 Å². The van der Waals surface area contributed by atoms with Crippen LogP contribution in [0.4, 0.5) is 5.69 Å². The lowest BCUT2D eigenvalue weighted by Crippen LogP contribution is -2.49. The van der Waals surface area contributed by atoms with Crippen molar-refractivity contribution < 1.29 is 19.0 Å². The van der Waals surface area contributed by atoms with E-state index in [1.54, 1.807) is 7.11 Å². The number of methoxy groups -OCH3 is 2. The van der Waals surface area contributed by atoms with Gasteiger partial charge in [-0.05, 0) is 104 Å². The van der Waals surface area contributed by atoms with E-state index in [0.29, 0.717) is 6.61 Å². The van der Waals surface area contributed by atoms with Crippen LogP contribution in [0.25, 0.3) is 0 Å². The van der Waals surface area contributed by atoms with Crippen LogP contribution in [0, 0.1) is 5.92 Å². The predicted molar refractivity (Wildman–Crippen MR) is 155 cm³/mol. The van der Waals surface area contributed by atoms with E-state index in [2.05, 4.69) is 65.3 Å². The molecular weight excluding hydrogens is 512 g/mol. The van der Waals surface area contributed by atoms with Crippen molar-refractivity contribution in [1.29, 1.82) is 0 Å². The zero-order valence-corrected chi connectivity index (χ0v) is 23.7. The summed E-state index contributed by atoms with van der Waals surface area (Å²) in [5, 5.41) is 0.733. The van der Waals surface area contributed by atoms with E-state index < -0.39 is 0 Å². The molecule has 1 saturated heterocycles. The van der Waals surface area contributed by atoms with Crippen molar-refractivity contribution in [3.63, 3.8) is 0 Å². The van der Waals surface area contributed by atoms with Gasteiger partial charge in [0.25, 0.3) is 0 Å². The number of hydrogen-bond acceptors (Lipinski definition) is 6. The number of piperidine rings is 1. The molecule has 1 fully saturated rings. The smallest absolute Gasteiger partial charge is 0.308 e. The molecule has 7 heteroatoms. The number of ether oxygens (including phenoxy) is 3. The number of esters is 1. The molecule has 2 aliphatic rings. The lowest BCUT2D eigenvalue weighted by atomic mass is 9.76. The standard InChI is InChI=1S/C32H37ClN2O4/c1-32(25-4-10-28(11-5-25)39-21-20-34-17-14-23(15-18-34)31(36)38-3)30-13-12-29(37-2)22-24(30)16-19-35(32)27-8-6-26(33)7-9-27/h4-13,22-23H,14-21H2,1-3H3. The molecule has 0 bridgehead atoms. The number of fused-ring (bicyclic) bond motifs is 1. The molecule has 0 amide bonds. The largest absolute Gasteiger partial charge is 0.497 e. The van der Waals surface area contributed by atoms with Gasteiger partial charge in [0.15, 0.2) is 0 Å². The minimum absolute atomic E-state index is 0.0273. The number of nitrogens with zero attached hydrogens (tertiary/aromatic N) is 2. The average molecular weight is 549 g/mol. The van der Waals surface area contributed by atoms with Gasteiger partial charge in [0.1, 0.15) is 18.1 Å². The molecule has 0 spiro atoms. The zero-order chi connectivity index (χ0) is 27.4. The van der Waals surface area contributed by atoms with E-state index in [4.69, 9.17) is 25.8 Å². The van der Waals surface area contributed by atoms with Crippen molar-refractivity contribution in [3.8, 4) is 11.5 Å². The Morgan fingerprint density at radius 2 is 1.64 bits per heavy atom. The monoisotopic (exact) mass is 548 g/mol. The van der Waals surface area contributed by atoms with Crippen LogP contribution in [0.15, 0.2) is 66.7 Å². The van der Waals surface area contributed by atoms with Gasteiger partial charge < -0.3 is 19.1 Å². The second kappa shape index (κ2) is 11.9. The molecule has 1 unspecified atom stereocenters. The molecule has 0 aromatic heterocycles. The number of halogens is 1. The highest BCUT2D eigenvalue weighted by molar-refractivity contribution is 6.30. The minimum Gasteiger partial charge on any atom is -0.497 e. The summed E-state index contributed by atoms with van der Waals surface area (Å²) < 4.78 is 16.5. The van der Waals surface area contributed by atoms with Crippen LogP contribution in [0.1, 0.15) is 36.5 Å². The Bertz CT molecular complexity index is 1270. The Labute approximate surface area is 236 Å². The van der Waals surface area contributed by atoms with Gasteiger partial charge in [0, 0.05) is 23.8 Å². The second-order valence-corrected chi connectivity index (χ2v) is 10.9. The number of rotatable bonds is 8. The molecule has 0 saturated carbocycles. The number of hydrogen-bond donors (Lipinski definition) is 0. The molecule has 3 aromatic rings. The first-order chi connectivity index (χ1) is 18.9. The normalized spacial score (nSPS) is 19.8. The first-order valence-electron chi connectivity index (χ1n) is 13.7. The van der Waals surface area contributed by atoms with Crippen LogP contribution in [0.3, 0.4) is 0 Å². The number of carbonyl (C=O) groups excluding carboxylic acids is 1. The Kier molecular flexibility index (Phi) is 8.34. The average Bonchev–Trinajstić information content (AvgIpc) is 2.98. The molecule has 3 aromatic carbocycles. The molecule has 0 aliphatic carbocycles. The minimum atomic E-state index is -0.379. The van der Waals surface area contributed by atoms with Crippen molar-refractivity contribution >= 4 is 23.3 Å². The van der Waals surface area contributed by atoms with Gasteiger partial charge >= 0.3 is 5.97 Å². The fourth-order valence-corrected chi connectivity index (χ4v) is 6.15. The lowest BCUT2D eigenvalue weighted by molar-refractivity contribution is -0.147. The van der Waals surface area contributed by atoms with Crippen LogP contribution in [0.5, 0.6) is 11.5 Å². The third-order valence-corrected chi connectivity index (χ3v) is 8.59. The maximum absolute atomic E-state index is 11.8. The van der Waals surface area contributed by atoms with E-state index >= 15 is 0 Å². The molecule has 2 heterocycles. The van der Waals surface area contributed by atoms with Crippen LogP contribution in [-0.4, -0.2) is 57.9 Å². The fourth-order valence-electron chi connectivity index (χ4n) is 6.03. The zero-order valence-electron chi connectivity index (χ0n) is 23.0. The third-order valence-electron chi connectivity index (χ3n) is 8.33. The van der Waals surface area contributed by atoms with Crippen molar-refractivity contribution in [3.05, 3.63) is 88.4 Å². The van der Waals surface area contributed by atoms with Crippen LogP contribution >= 0.6 is 11.6 Å². The van der Waals surface area contributed by atoms with E-state index in [-0.39, 0.29) is 17.4 Å². The Hall–Kier alpha value is -3.22. The van der Waals surface area contributed by atoms with Crippen LogP contribution in [-0.2, 0) is 21.5 Å². The quantitative estimate of drug-likeness (QED) is 0.325. The maximum atomic E-state index is 11.8. The Morgan fingerprint density at radius 3 is 2.31 bits per heavy atom. The first kappa shape index (κ1) is 27.4. The summed E-state index contributed by atoms with van der Waals surface area (Å²) in [6.07, 6.45) is 2.62. The van der Waals surface area contributed by atoms with E-state index in [1.165, 1.54) is 23.8 Å². The van der Waals surface area contributed by atoms with Gasteiger partial charge in [-0.2, -0.15) is 0 Å². The van der Waals surface area contributed by atoms with Gasteiger partial charge in [0.2, 0.25) is 0 Å². The summed E-state index contributed by atoms with van der Waals surface area (Å²) in [6.45, 7) is 6.41. The number of carbonyl (C=O) groups is 1. The summed E-state index contributed by atoms with van der Waals surface area (Å²) in [6, 6.07) is 23.0. The molecular formula is C32H37ClN2O4. The number of likely N-dealkylation sites (tertiary alicyclic amines) is 1. The summed E-state index contributed by atoms with van der Waals surface area (Å²) in [7, 11) is 3.18. The summed E-state index contributed by atoms with van der Waals surface area (Å²) in [4.78, 5) is 16.6.